The molecular weight excluding hydrogens is 214 g/mol. The van der Waals surface area contributed by atoms with Crippen LogP contribution in [0, 0.1) is 5.92 Å². The molecule has 1 aliphatic carbocycles. The zero-order valence-corrected chi connectivity index (χ0v) is 9.42. The molecule has 15 heavy (non-hydrogen) atoms. The van der Waals surface area contributed by atoms with E-state index in [2.05, 4.69) is 15.3 Å². The number of aromatic nitrogens is 2. The third-order valence-corrected chi connectivity index (χ3v) is 2.96. The second kappa shape index (κ2) is 4.66. The summed E-state index contributed by atoms with van der Waals surface area (Å²) in [6, 6.07) is 0.343. The molecule has 0 unspecified atom stereocenters. The van der Waals surface area contributed by atoms with Gasteiger partial charge in [0.05, 0.1) is 13.3 Å². The van der Waals surface area contributed by atoms with E-state index < -0.39 is 0 Å². The highest BCUT2D eigenvalue weighted by atomic mass is 35.5. The van der Waals surface area contributed by atoms with E-state index >= 15 is 0 Å². The molecule has 0 aromatic carbocycles. The molecule has 1 fully saturated rings. The maximum atomic E-state index is 5.95. The minimum Gasteiger partial charge on any atom is -0.467 e. The molecule has 1 aromatic heterocycles. The normalized spacial score (nSPS) is 15.9. The Labute approximate surface area is 94.0 Å². The van der Waals surface area contributed by atoms with E-state index in [0.29, 0.717) is 16.9 Å². The Morgan fingerprint density at radius 3 is 3.00 bits per heavy atom. The summed E-state index contributed by atoms with van der Waals surface area (Å²) in [5, 5.41) is 3.76. The van der Waals surface area contributed by atoms with Gasteiger partial charge in [0.25, 0.3) is 0 Å². The lowest BCUT2D eigenvalue weighted by atomic mass is 9.85. The van der Waals surface area contributed by atoms with Crippen LogP contribution >= 0.6 is 11.6 Å². The first kappa shape index (κ1) is 10.5. The van der Waals surface area contributed by atoms with E-state index in [1.165, 1.54) is 19.3 Å². The molecule has 1 N–H and O–H groups in total. The zero-order valence-electron chi connectivity index (χ0n) is 8.66. The molecule has 0 amide bonds. The number of hydrogen-bond acceptors (Lipinski definition) is 4. The van der Waals surface area contributed by atoms with Crippen LogP contribution in [-0.2, 0) is 0 Å². The van der Waals surface area contributed by atoms with Crippen LogP contribution in [0.25, 0.3) is 0 Å². The van der Waals surface area contributed by atoms with Crippen LogP contribution in [0.3, 0.4) is 0 Å². The smallest absolute Gasteiger partial charge is 0.318 e. The molecule has 1 aromatic rings. The van der Waals surface area contributed by atoms with Crippen LogP contribution in [0.15, 0.2) is 6.20 Å². The topological polar surface area (TPSA) is 47.0 Å². The summed E-state index contributed by atoms with van der Waals surface area (Å²) in [6.07, 6.45) is 5.49. The number of anilines is 1. The van der Waals surface area contributed by atoms with Gasteiger partial charge in [-0.1, -0.05) is 18.0 Å². The molecular formula is C10H14ClN3O. The van der Waals surface area contributed by atoms with Crippen molar-refractivity contribution in [1.82, 2.24) is 9.97 Å². The molecule has 82 valence electrons. The van der Waals surface area contributed by atoms with Gasteiger partial charge in [-0.2, -0.15) is 4.98 Å². The number of rotatable bonds is 4. The van der Waals surface area contributed by atoms with E-state index in [0.717, 1.165) is 12.5 Å². The van der Waals surface area contributed by atoms with Gasteiger partial charge in [0, 0.05) is 6.54 Å². The summed E-state index contributed by atoms with van der Waals surface area (Å²) >= 11 is 5.95. The number of methoxy groups -OCH3 is 1. The lowest BCUT2D eigenvalue weighted by molar-refractivity contribution is 0.332. The number of ether oxygens (including phenoxy) is 1. The molecule has 1 saturated carbocycles. The Hall–Kier alpha value is -1.03. The van der Waals surface area contributed by atoms with Gasteiger partial charge in [0.15, 0.2) is 5.82 Å². The number of nitrogens with zero attached hydrogens (tertiary/aromatic N) is 2. The van der Waals surface area contributed by atoms with Crippen molar-refractivity contribution in [2.24, 2.45) is 5.92 Å². The van der Waals surface area contributed by atoms with Gasteiger partial charge in [-0.25, -0.2) is 4.98 Å². The van der Waals surface area contributed by atoms with Crippen LogP contribution < -0.4 is 10.1 Å². The number of hydrogen-bond donors (Lipinski definition) is 1. The van der Waals surface area contributed by atoms with Crippen LogP contribution in [0.4, 0.5) is 5.82 Å². The molecule has 0 radical (unpaired) electrons. The molecule has 0 bridgehead atoms. The lowest BCUT2D eigenvalue weighted by Gasteiger charge is -2.25. The molecule has 1 heterocycles. The van der Waals surface area contributed by atoms with Gasteiger partial charge in [0.1, 0.15) is 5.02 Å². The molecule has 0 saturated heterocycles. The summed E-state index contributed by atoms with van der Waals surface area (Å²) < 4.78 is 4.94. The molecule has 0 aliphatic heterocycles. The second-order valence-electron chi connectivity index (χ2n) is 3.73. The van der Waals surface area contributed by atoms with Crippen molar-refractivity contribution in [1.29, 1.82) is 0 Å². The Kier molecular flexibility index (Phi) is 3.26. The molecule has 2 rings (SSSR count). The van der Waals surface area contributed by atoms with Gasteiger partial charge >= 0.3 is 6.01 Å². The van der Waals surface area contributed by atoms with Crippen LogP contribution in [0.1, 0.15) is 19.3 Å². The van der Waals surface area contributed by atoms with Crippen molar-refractivity contribution in [3.8, 4) is 6.01 Å². The van der Waals surface area contributed by atoms with Crippen molar-refractivity contribution in [3.05, 3.63) is 11.2 Å². The molecule has 4 nitrogen and oxygen atoms in total. The van der Waals surface area contributed by atoms with E-state index in [-0.39, 0.29) is 0 Å². The number of nitrogens with one attached hydrogen (secondary N) is 1. The first-order chi connectivity index (χ1) is 7.29. The van der Waals surface area contributed by atoms with Crippen LogP contribution in [0.2, 0.25) is 5.02 Å². The molecule has 5 heteroatoms. The highest BCUT2D eigenvalue weighted by Gasteiger charge is 2.17. The van der Waals surface area contributed by atoms with E-state index in [1.807, 2.05) is 0 Å². The van der Waals surface area contributed by atoms with Crippen molar-refractivity contribution in [3.63, 3.8) is 0 Å². The molecule has 0 atom stereocenters. The maximum absolute atomic E-state index is 5.95. The number of halogens is 1. The first-order valence-electron chi connectivity index (χ1n) is 5.10. The monoisotopic (exact) mass is 227 g/mol. The summed E-state index contributed by atoms with van der Waals surface area (Å²) in [7, 11) is 1.54. The first-order valence-corrected chi connectivity index (χ1v) is 5.48. The Morgan fingerprint density at radius 2 is 2.40 bits per heavy atom. The Bertz CT molecular complexity index is 341. The highest BCUT2D eigenvalue weighted by Crippen LogP contribution is 2.27. The maximum Gasteiger partial charge on any atom is 0.318 e. The fourth-order valence-electron chi connectivity index (χ4n) is 1.51. The average molecular weight is 228 g/mol. The van der Waals surface area contributed by atoms with Crippen molar-refractivity contribution < 1.29 is 4.74 Å². The standard InChI is InChI=1S/C10H14ClN3O/c1-15-10-13-6-8(11)9(14-10)12-5-7-3-2-4-7/h6-7H,2-5H2,1H3,(H,12,13,14). The van der Waals surface area contributed by atoms with Crippen molar-refractivity contribution >= 4 is 17.4 Å². The predicted octanol–water partition coefficient (Wildman–Crippen LogP) is 2.35. The third-order valence-electron chi connectivity index (χ3n) is 2.69. The van der Waals surface area contributed by atoms with Crippen molar-refractivity contribution in [2.75, 3.05) is 19.0 Å². The minimum atomic E-state index is 0.343. The molecule has 1 aliphatic rings. The summed E-state index contributed by atoms with van der Waals surface area (Å²) in [5.74, 6) is 1.43. The Morgan fingerprint density at radius 1 is 1.60 bits per heavy atom. The van der Waals surface area contributed by atoms with E-state index in [9.17, 15) is 0 Å². The summed E-state index contributed by atoms with van der Waals surface area (Å²) in [5.41, 5.74) is 0. The second-order valence-corrected chi connectivity index (χ2v) is 4.14. The SMILES string of the molecule is COc1ncc(Cl)c(NCC2CCC2)n1. The van der Waals surface area contributed by atoms with Gasteiger partial charge in [-0.3, -0.25) is 0 Å². The van der Waals surface area contributed by atoms with Gasteiger partial charge in [-0.15, -0.1) is 0 Å². The van der Waals surface area contributed by atoms with E-state index in [1.54, 1.807) is 13.3 Å². The summed E-state index contributed by atoms with van der Waals surface area (Å²) in [4.78, 5) is 8.06. The minimum absolute atomic E-state index is 0.343. The molecule has 0 spiro atoms. The van der Waals surface area contributed by atoms with Gasteiger partial charge < -0.3 is 10.1 Å². The quantitative estimate of drug-likeness (QED) is 0.858. The van der Waals surface area contributed by atoms with Crippen LogP contribution in [-0.4, -0.2) is 23.6 Å². The summed E-state index contributed by atoms with van der Waals surface area (Å²) in [6.45, 7) is 0.930. The largest absolute Gasteiger partial charge is 0.467 e. The fourth-order valence-corrected chi connectivity index (χ4v) is 1.67. The van der Waals surface area contributed by atoms with Gasteiger partial charge in [-0.05, 0) is 18.8 Å². The van der Waals surface area contributed by atoms with E-state index in [4.69, 9.17) is 16.3 Å². The van der Waals surface area contributed by atoms with Gasteiger partial charge in [0.2, 0.25) is 0 Å². The highest BCUT2D eigenvalue weighted by molar-refractivity contribution is 6.32. The zero-order chi connectivity index (χ0) is 10.7. The Balaban J connectivity index is 1.98. The van der Waals surface area contributed by atoms with Crippen LogP contribution in [0.5, 0.6) is 6.01 Å². The third kappa shape index (κ3) is 2.50. The lowest BCUT2D eigenvalue weighted by Crippen LogP contribution is -2.21. The predicted molar refractivity (Wildman–Crippen MR) is 59.4 cm³/mol. The van der Waals surface area contributed by atoms with Crippen molar-refractivity contribution in [2.45, 2.75) is 19.3 Å². The fraction of sp³-hybridized carbons (Fsp3) is 0.600. The average Bonchev–Trinajstić information content (AvgIpc) is 2.18.